The van der Waals surface area contributed by atoms with Crippen molar-refractivity contribution in [3.8, 4) is 11.4 Å². The van der Waals surface area contributed by atoms with Gasteiger partial charge in [-0.3, -0.25) is 9.78 Å². The molecule has 0 fully saturated rings. The number of aromatic carboxylic acids is 1. The predicted octanol–water partition coefficient (Wildman–Crippen LogP) is 3.35. The molecule has 2 aromatic carbocycles. The maximum atomic E-state index is 11.3. The summed E-state index contributed by atoms with van der Waals surface area (Å²) in [6, 6.07) is 16.6. The Morgan fingerprint density at radius 2 is 1.82 bits per heavy atom. The number of benzene rings is 2. The number of nitrogens with zero attached hydrogens (tertiary/aromatic N) is 2. The second-order valence-corrected chi connectivity index (χ2v) is 5.14. The zero-order chi connectivity index (χ0) is 15.5. The third kappa shape index (κ3) is 2.82. The highest BCUT2D eigenvalue weighted by Gasteiger charge is 2.14. The van der Waals surface area contributed by atoms with Gasteiger partial charge < -0.3 is 5.11 Å². The van der Waals surface area contributed by atoms with Crippen LogP contribution in [0.15, 0.2) is 54.6 Å². The summed E-state index contributed by atoms with van der Waals surface area (Å²) in [4.78, 5) is 15.6. The number of hydrogen-bond donors (Lipinski definition) is 2. The number of carboxylic acids is 1. The first-order chi connectivity index (χ1) is 10.6. The Morgan fingerprint density at radius 3 is 2.55 bits per heavy atom. The van der Waals surface area contributed by atoms with E-state index in [4.69, 9.17) is 12.2 Å². The van der Waals surface area contributed by atoms with Gasteiger partial charge in [0.05, 0.1) is 12.1 Å². The van der Waals surface area contributed by atoms with Crippen LogP contribution in [0.5, 0.6) is 0 Å². The van der Waals surface area contributed by atoms with Gasteiger partial charge in [0, 0.05) is 5.56 Å². The number of carboxylic acid groups (broad SMARTS) is 1. The van der Waals surface area contributed by atoms with E-state index in [-0.39, 0.29) is 5.56 Å². The van der Waals surface area contributed by atoms with Crippen LogP contribution in [0.1, 0.15) is 15.9 Å². The van der Waals surface area contributed by atoms with Crippen LogP contribution in [0.25, 0.3) is 11.4 Å². The SMILES string of the molecule is O=C(O)c1ccccc1-c1nc(=S)n(Cc2ccccc2)[nH]1. The van der Waals surface area contributed by atoms with E-state index in [1.165, 1.54) is 0 Å². The standard InChI is InChI=1S/C16H13N3O2S/c20-15(21)13-9-5-4-8-12(13)14-17-16(22)19(18-14)10-11-6-2-1-3-7-11/h1-9H,10H2,(H,20,21)(H,17,18,22). The molecule has 0 aliphatic carbocycles. The van der Waals surface area contributed by atoms with Crippen molar-refractivity contribution in [2.45, 2.75) is 6.54 Å². The smallest absolute Gasteiger partial charge is 0.336 e. The van der Waals surface area contributed by atoms with Crippen molar-refractivity contribution < 1.29 is 9.90 Å². The minimum absolute atomic E-state index is 0.193. The molecule has 0 radical (unpaired) electrons. The molecule has 6 heteroatoms. The summed E-state index contributed by atoms with van der Waals surface area (Å²) in [6.45, 7) is 0.557. The van der Waals surface area contributed by atoms with Crippen LogP contribution in [0.2, 0.25) is 0 Å². The molecule has 0 aliphatic heterocycles. The van der Waals surface area contributed by atoms with Gasteiger partial charge in [-0.2, -0.15) is 4.98 Å². The number of hydrogen-bond acceptors (Lipinski definition) is 3. The first-order valence-corrected chi connectivity index (χ1v) is 7.09. The van der Waals surface area contributed by atoms with E-state index in [2.05, 4.69) is 10.1 Å². The molecule has 0 unspecified atom stereocenters. The van der Waals surface area contributed by atoms with Crippen LogP contribution in [-0.2, 0) is 6.54 Å². The van der Waals surface area contributed by atoms with E-state index in [9.17, 15) is 9.90 Å². The van der Waals surface area contributed by atoms with Crippen LogP contribution in [0.3, 0.4) is 0 Å². The molecule has 0 aliphatic rings. The Balaban J connectivity index is 2.00. The molecule has 0 saturated heterocycles. The number of H-pyrrole nitrogens is 1. The fourth-order valence-corrected chi connectivity index (χ4v) is 2.43. The van der Waals surface area contributed by atoms with Gasteiger partial charge in [0.25, 0.3) is 0 Å². The van der Waals surface area contributed by atoms with E-state index in [0.29, 0.717) is 22.7 Å². The average molecular weight is 311 g/mol. The Labute approximate surface area is 131 Å². The van der Waals surface area contributed by atoms with Gasteiger partial charge in [-0.15, -0.1) is 0 Å². The van der Waals surface area contributed by atoms with Gasteiger partial charge in [0.1, 0.15) is 0 Å². The molecule has 3 rings (SSSR count). The number of aromatic nitrogens is 3. The minimum Gasteiger partial charge on any atom is -0.478 e. The first kappa shape index (κ1) is 14.2. The maximum absolute atomic E-state index is 11.3. The second-order valence-electron chi connectivity index (χ2n) is 4.78. The third-order valence-electron chi connectivity index (χ3n) is 3.28. The van der Waals surface area contributed by atoms with E-state index in [1.807, 2.05) is 30.3 Å². The number of carbonyl (C=O) groups is 1. The van der Waals surface area contributed by atoms with Crippen LogP contribution < -0.4 is 0 Å². The fraction of sp³-hybridized carbons (Fsp3) is 0.0625. The molecule has 0 bridgehead atoms. The molecule has 5 nitrogen and oxygen atoms in total. The van der Waals surface area contributed by atoms with Gasteiger partial charge in [0.2, 0.25) is 4.77 Å². The number of rotatable bonds is 4. The fourth-order valence-electron chi connectivity index (χ4n) is 2.23. The summed E-state index contributed by atoms with van der Waals surface area (Å²) >= 11 is 5.25. The molecule has 2 N–H and O–H groups in total. The summed E-state index contributed by atoms with van der Waals surface area (Å²) in [5, 5.41) is 12.3. The van der Waals surface area contributed by atoms with Crippen molar-refractivity contribution in [2.75, 3.05) is 0 Å². The lowest BCUT2D eigenvalue weighted by Gasteiger charge is -2.04. The molecule has 0 spiro atoms. The van der Waals surface area contributed by atoms with E-state index in [0.717, 1.165) is 5.56 Å². The summed E-state index contributed by atoms with van der Waals surface area (Å²) in [6.07, 6.45) is 0. The molecule has 110 valence electrons. The predicted molar refractivity (Wildman–Crippen MR) is 85.4 cm³/mol. The van der Waals surface area contributed by atoms with Gasteiger partial charge in [0.15, 0.2) is 5.82 Å². The van der Waals surface area contributed by atoms with Crippen LogP contribution in [0.4, 0.5) is 0 Å². The van der Waals surface area contributed by atoms with Crippen molar-refractivity contribution in [1.82, 2.24) is 14.8 Å². The zero-order valence-electron chi connectivity index (χ0n) is 11.6. The van der Waals surface area contributed by atoms with Gasteiger partial charge in [-0.05, 0) is 23.8 Å². The topological polar surface area (TPSA) is 70.9 Å². The summed E-state index contributed by atoms with van der Waals surface area (Å²) < 4.78 is 2.11. The van der Waals surface area contributed by atoms with E-state index >= 15 is 0 Å². The van der Waals surface area contributed by atoms with Crippen molar-refractivity contribution in [3.05, 3.63) is 70.5 Å². The normalized spacial score (nSPS) is 10.5. The van der Waals surface area contributed by atoms with Gasteiger partial charge in [-0.25, -0.2) is 4.79 Å². The molecule has 1 aromatic heterocycles. The maximum Gasteiger partial charge on any atom is 0.336 e. The van der Waals surface area contributed by atoms with Crippen molar-refractivity contribution in [1.29, 1.82) is 0 Å². The Morgan fingerprint density at radius 1 is 1.14 bits per heavy atom. The van der Waals surface area contributed by atoms with Crippen LogP contribution in [0, 0.1) is 4.77 Å². The van der Waals surface area contributed by atoms with Crippen molar-refractivity contribution in [3.63, 3.8) is 0 Å². The third-order valence-corrected chi connectivity index (χ3v) is 3.59. The Kier molecular flexibility index (Phi) is 3.84. The van der Waals surface area contributed by atoms with E-state index < -0.39 is 5.97 Å². The lowest BCUT2D eigenvalue weighted by atomic mass is 10.1. The quantitative estimate of drug-likeness (QED) is 0.725. The first-order valence-electron chi connectivity index (χ1n) is 6.68. The minimum atomic E-state index is -0.993. The van der Waals surface area contributed by atoms with Crippen molar-refractivity contribution in [2.24, 2.45) is 0 Å². The molecular formula is C16H13N3O2S. The summed E-state index contributed by atoms with van der Waals surface area (Å²) in [5.41, 5.74) is 1.80. The molecular weight excluding hydrogens is 298 g/mol. The average Bonchev–Trinajstić information content (AvgIpc) is 2.89. The van der Waals surface area contributed by atoms with Crippen molar-refractivity contribution >= 4 is 18.2 Å². The summed E-state index contributed by atoms with van der Waals surface area (Å²) in [7, 11) is 0. The summed E-state index contributed by atoms with van der Waals surface area (Å²) in [5.74, 6) is -0.536. The number of nitrogens with one attached hydrogen (secondary N) is 1. The largest absolute Gasteiger partial charge is 0.478 e. The second kappa shape index (κ2) is 5.95. The molecule has 0 atom stereocenters. The van der Waals surface area contributed by atoms with Crippen LogP contribution >= 0.6 is 12.2 Å². The molecule has 3 aromatic rings. The lowest BCUT2D eigenvalue weighted by molar-refractivity contribution is 0.0697. The highest BCUT2D eigenvalue weighted by molar-refractivity contribution is 7.71. The number of aromatic amines is 1. The van der Waals surface area contributed by atoms with E-state index in [1.54, 1.807) is 28.9 Å². The lowest BCUT2D eigenvalue weighted by Crippen LogP contribution is -2.03. The molecule has 1 heterocycles. The van der Waals surface area contributed by atoms with Gasteiger partial charge in [-0.1, -0.05) is 48.5 Å². The van der Waals surface area contributed by atoms with Crippen LogP contribution in [-0.4, -0.2) is 25.8 Å². The monoisotopic (exact) mass is 311 g/mol. The zero-order valence-corrected chi connectivity index (χ0v) is 12.4. The highest BCUT2D eigenvalue weighted by atomic mass is 32.1. The van der Waals surface area contributed by atoms with Gasteiger partial charge >= 0.3 is 5.97 Å². The molecule has 22 heavy (non-hydrogen) atoms. The Hall–Kier alpha value is -2.73. The molecule has 0 amide bonds. The molecule has 0 saturated carbocycles. The highest BCUT2D eigenvalue weighted by Crippen LogP contribution is 2.20. The Bertz CT molecular complexity index is 868.